The fourth-order valence-electron chi connectivity index (χ4n) is 4.94. The third-order valence-electron chi connectivity index (χ3n) is 6.41. The molecule has 0 radical (unpaired) electrons. The van der Waals surface area contributed by atoms with Crippen molar-refractivity contribution in [2.75, 3.05) is 6.61 Å². The first kappa shape index (κ1) is 26.0. The molecule has 1 N–H and O–H groups in total. The van der Waals surface area contributed by atoms with Crippen LogP contribution in [0.4, 0.5) is 0 Å². The summed E-state index contributed by atoms with van der Waals surface area (Å²) in [5, 5.41) is 10.7. The fraction of sp³-hybridized carbons (Fsp3) is 0.423. The predicted octanol–water partition coefficient (Wildman–Crippen LogP) is 5.87. The molecule has 1 fully saturated rings. The third-order valence-corrected chi connectivity index (χ3v) is 6.90. The molecule has 34 heavy (non-hydrogen) atoms. The molecule has 182 valence electrons. The highest BCUT2D eigenvalue weighted by molar-refractivity contribution is 6.30. The Morgan fingerprint density at radius 3 is 2.35 bits per heavy atom. The summed E-state index contributed by atoms with van der Waals surface area (Å²) in [6, 6.07) is 13.1. The number of piperidine rings is 1. The molecule has 1 unspecified atom stereocenters. The van der Waals surface area contributed by atoms with Crippen LogP contribution in [0.25, 0.3) is 0 Å². The molecule has 8 heteroatoms. The van der Waals surface area contributed by atoms with Crippen molar-refractivity contribution in [1.82, 2.24) is 4.90 Å². The number of benzene rings is 2. The molecule has 0 spiro atoms. The summed E-state index contributed by atoms with van der Waals surface area (Å²) in [5.41, 5.74) is 0.435. The van der Waals surface area contributed by atoms with E-state index in [4.69, 9.17) is 27.9 Å². The van der Waals surface area contributed by atoms with Crippen molar-refractivity contribution in [2.24, 2.45) is 5.41 Å². The number of nitrogens with zero attached hydrogens (tertiary/aromatic N) is 1. The van der Waals surface area contributed by atoms with Crippen molar-refractivity contribution in [3.8, 4) is 0 Å². The lowest BCUT2D eigenvalue weighted by Crippen LogP contribution is -2.58. The van der Waals surface area contributed by atoms with Gasteiger partial charge in [-0.2, -0.15) is 0 Å². The second-order valence-electron chi connectivity index (χ2n) is 8.88. The first-order chi connectivity index (χ1) is 16.1. The summed E-state index contributed by atoms with van der Waals surface area (Å²) in [5.74, 6) is -2.28. The van der Waals surface area contributed by atoms with Gasteiger partial charge in [-0.25, -0.2) is 4.79 Å². The number of esters is 1. The van der Waals surface area contributed by atoms with Crippen molar-refractivity contribution in [1.29, 1.82) is 0 Å². The molecule has 0 aromatic heterocycles. The number of hydrogen-bond acceptors (Lipinski definition) is 4. The number of ether oxygens (including phenoxy) is 1. The van der Waals surface area contributed by atoms with Gasteiger partial charge in [-0.3, -0.25) is 9.59 Å². The minimum atomic E-state index is -1.22. The Morgan fingerprint density at radius 2 is 1.79 bits per heavy atom. The number of rotatable bonds is 8. The van der Waals surface area contributed by atoms with E-state index in [-0.39, 0.29) is 31.3 Å². The van der Waals surface area contributed by atoms with Crippen LogP contribution in [-0.4, -0.2) is 40.5 Å². The first-order valence-electron chi connectivity index (χ1n) is 11.3. The summed E-state index contributed by atoms with van der Waals surface area (Å²) in [7, 11) is 0. The standard InChI is InChI=1S/C26H29Cl2NO5/c1-4-21(24(32)34-5-2)29-23(16-9-11-18(27)12-10-16)20(17-7-6-8-19(28)13-17)14-26(3,25(29)33)15-22(30)31/h6-13,20-21,23H,4-5,14-15H2,1-3H3,(H,30,31)/t20?,21-,23+,26+/m0/s1. The normalized spacial score (nSPS) is 23.4. The molecule has 0 saturated carbocycles. The number of aliphatic carboxylic acids is 1. The summed E-state index contributed by atoms with van der Waals surface area (Å²) in [4.78, 5) is 40.3. The molecule has 2 aromatic rings. The topological polar surface area (TPSA) is 83.9 Å². The number of halogens is 2. The molecular weight excluding hydrogens is 477 g/mol. The molecule has 4 atom stereocenters. The number of carbonyl (C=O) groups excluding carboxylic acids is 2. The average Bonchev–Trinajstić information content (AvgIpc) is 2.77. The van der Waals surface area contributed by atoms with Crippen molar-refractivity contribution >= 4 is 41.0 Å². The molecular formula is C26H29Cl2NO5. The van der Waals surface area contributed by atoms with Crippen LogP contribution in [0.5, 0.6) is 0 Å². The Kier molecular flexibility index (Phi) is 8.26. The van der Waals surface area contributed by atoms with Crippen LogP contribution in [-0.2, 0) is 19.1 Å². The zero-order chi connectivity index (χ0) is 25.0. The van der Waals surface area contributed by atoms with Gasteiger partial charge in [-0.05, 0) is 55.2 Å². The van der Waals surface area contributed by atoms with Crippen LogP contribution in [0.2, 0.25) is 10.0 Å². The van der Waals surface area contributed by atoms with Crippen LogP contribution >= 0.6 is 23.2 Å². The second-order valence-corrected chi connectivity index (χ2v) is 9.75. The van der Waals surface area contributed by atoms with Crippen LogP contribution in [0.15, 0.2) is 48.5 Å². The molecule has 1 amide bonds. The van der Waals surface area contributed by atoms with Gasteiger partial charge >= 0.3 is 11.9 Å². The highest BCUT2D eigenvalue weighted by Gasteiger charge is 2.53. The Balaban J connectivity index is 2.25. The summed E-state index contributed by atoms with van der Waals surface area (Å²) in [6.45, 7) is 5.35. The third kappa shape index (κ3) is 5.39. The molecule has 2 aromatic carbocycles. The van der Waals surface area contributed by atoms with E-state index < -0.39 is 29.4 Å². The van der Waals surface area contributed by atoms with Crippen molar-refractivity contribution in [3.63, 3.8) is 0 Å². The maximum Gasteiger partial charge on any atom is 0.328 e. The average molecular weight is 506 g/mol. The first-order valence-corrected chi connectivity index (χ1v) is 12.1. The quantitative estimate of drug-likeness (QED) is 0.453. The molecule has 3 rings (SSSR count). The molecule has 1 aliphatic heterocycles. The van der Waals surface area contributed by atoms with Gasteiger partial charge in [-0.15, -0.1) is 0 Å². The van der Waals surface area contributed by atoms with E-state index >= 15 is 0 Å². The monoisotopic (exact) mass is 505 g/mol. The van der Waals surface area contributed by atoms with E-state index in [2.05, 4.69) is 0 Å². The second kappa shape index (κ2) is 10.8. The van der Waals surface area contributed by atoms with Gasteiger partial charge < -0.3 is 14.7 Å². The van der Waals surface area contributed by atoms with E-state index in [1.54, 1.807) is 36.9 Å². The minimum absolute atomic E-state index is 0.174. The highest BCUT2D eigenvalue weighted by atomic mass is 35.5. The number of likely N-dealkylation sites (tertiary alicyclic amines) is 1. The van der Waals surface area contributed by atoms with Crippen molar-refractivity contribution < 1.29 is 24.2 Å². The summed E-state index contributed by atoms with van der Waals surface area (Å²) >= 11 is 12.5. The van der Waals surface area contributed by atoms with Crippen LogP contribution < -0.4 is 0 Å². The van der Waals surface area contributed by atoms with E-state index in [1.807, 2.05) is 37.3 Å². The molecule has 0 bridgehead atoms. The van der Waals surface area contributed by atoms with Gasteiger partial charge in [0.1, 0.15) is 6.04 Å². The van der Waals surface area contributed by atoms with Gasteiger partial charge in [0.05, 0.1) is 24.5 Å². The zero-order valence-corrected chi connectivity index (χ0v) is 21.0. The van der Waals surface area contributed by atoms with Crippen LogP contribution in [0.1, 0.15) is 63.1 Å². The number of amides is 1. The summed E-state index contributed by atoms with van der Waals surface area (Å²) in [6.07, 6.45) is 0.244. The SMILES string of the molecule is CCOC(=O)[C@H](CC)N1C(=O)[C@@](C)(CC(=O)O)CC(c2cccc(Cl)c2)[C@H]1c1ccc(Cl)cc1. The Bertz CT molecular complexity index is 1060. The van der Waals surface area contributed by atoms with Gasteiger partial charge in [0.25, 0.3) is 0 Å². The van der Waals surface area contributed by atoms with E-state index in [0.29, 0.717) is 16.5 Å². The largest absolute Gasteiger partial charge is 0.481 e. The minimum Gasteiger partial charge on any atom is -0.481 e. The van der Waals surface area contributed by atoms with Gasteiger partial charge in [-0.1, -0.05) is 61.3 Å². The van der Waals surface area contributed by atoms with Crippen LogP contribution in [0, 0.1) is 5.41 Å². The van der Waals surface area contributed by atoms with E-state index in [1.165, 1.54) is 0 Å². The molecule has 1 aliphatic rings. The van der Waals surface area contributed by atoms with Crippen molar-refractivity contribution in [2.45, 2.75) is 58.0 Å². The Morgan fingerprint density at radius 1 is 1.12 bits per heavy atom. The molecule has 6 nitrogen and oxygen atoms in total. The maximum atomic E-state index is 14.0. The van der Waals surface area contributed by atoms with Gasteiger partial charge in [0.15, 0.2) is 0 Å². The van der Waals surface area contributed by atoms with Crippen molar-refractivity contribution in [3.05, 3.63) is 69.7 Å². The summed E-state index contributed by atoms with van der Waals surface area (Å²) < 4.78 is 5.32. The predicted molar refractivity (Wildman–Crippen MR) is 131 cm³/mol. The van der Waals surface area contributed by atoms with E-state index in [0.717, 1.165) is 11.1 Å². The number of carbonyl (C=O) groups is 3. The van der Waals surface area contributed by atoms with Crippen LogP contribution in [0.3, 0.4) is 0 Å². The van der Waals surface area contributed by atoms with E-state index in [9.17, 15) is 19.5 Å². The lowest BCUT2D eigenvalue weighted by molar-refractivity contribution is -0.169. The Labute approximate surface area is 209 Å². The number of hydrogen-bond donors (Lipinski definition) is 1. The Hall–Kier alpha value is -2.57. The van der Waals surface area contributed by atoms with Gasteiger partial charge in [0, 0.05) is 16.0 Å². The molecule has 1 heterocycles. The zero-order valence-electron chi connectivity index (χ0n) is 19.5. The lowest BCUT2D eigenvalue weighted by Gasteiger charge is -2.51. The number of carboxylic acid groups (broad SMARTS) is 1. The smallest absolute Gasteiger partial charge is 0.328 e. The molecule has 1 saturated heterocycles. The highest BCUT2D eigenvalue weighted by Crippen LogP contribution is 2.52. The maximum absolute atomic E-state index is 14.0. The number of carboxylic acids is 1. The lowest BCUT2D eigenvalue weighted by atomic mass is 9.67. The van der Waals surface area contributed by atoms with Gasteiger partial charge in [0.2, 0.25) is 5.91 Å². The molecule has 0 aliphatic carbocycles. The fourth-order valence-corrected chi connectivity index (χ4v) is 5.26.